The number of anilines is 1. The van der Waals surface area contributed by atoms with Crippen molar-refractivity contribution in [3.63, 3.8) is 0 Å². The van der Waals surface area contributed by atoms with Gasteiger partial charge in [0.25, 0.3) is 0 Å². The number of rotatable bonds is 4. The molecule has 0 saturated carbocycles. The molecular weight excluding hydrogens is 274 g/mol. The molecule has 3 nitrogen and oxygen atoms in total. The third-order valence-electron chi connectivity index (χ3n) is 3.06. The van der Waals surface area contributed by atoms with Crippen LogP contribution in [0.5, 0.6) is 0 Å². The predicted molar refractivity (Wildman–Crippen MR) is 81.3 cm³/mol. The summed E-state index contributed by atoms with van der Waals surface area (Å²) in [7, 11) is 1.36. The van der Waals surface area contributed by atoms with Crippen molar-refractivity contribution < 1.29 is 9.53 Å². The smallest absolute Gasteiger partial charge is 0.337 e. The van der Waals surface area contributed by atoms with Gasteiger partial charge in [-0.1, -0.05) is 41.9 Å². The van der Waals surface area contributed by atoms with Crippen molar-refractivity contribution >= 4 is 23.3 Å². The van der Waals surface area contributed by atoms with Crippen LogP contribution in [0.15, 0.2) is 48.5 Å². The van der Waals surface area contributed by atoms with Crippen LogP contribution in [0.25, 0.3) is 0 Å². The van der Waals surface area contributed by atoms with Crippen LogP contribution in [-0.4, -0.2) is 13.1 Å². The minimum absolute atomic E-state index is 0.0848. The van der Waals surface area contributed by atoms with Crippen molar-refractivity contribution in [3.8, 4) is 0 Å². The van der Waals surface area contributed by atoms with Crippen molar-refractivity contribution in [1.29, 1.82) is 0 Å². The lowest BCUT2D eigenvalue weighted by molar-refractivity contribution is 0.0601. The van der Waals surface area contributed by atoms with E-state index in [0.29, 0.717) is 16.3 Å². The molecule has 0 fully saturated rings. The zero-order valence-electron chi connectivity index (χ0n) is 11.4. The molecular formula is C16H16ClNO2. The Hall–Kier alpha value is -2.00. The summed E-state index contributed by atoms with van der Waals surface area (Å²) in [6.45, 7) is 2.04. The maximum Gasteiger partial charge on any atom is 0.337 e. The number of hydrogen-bond donors (Lipinski definition) is 1. The van der Waals surface area contributed by atoms with E-state index in [-0.39, 0.29) is 12.0 Å². The molecule has 0 bridgehead atoms. The predicted octanol–water partition coefficient (Wildman–Crippen LogP) is 4.30. The number of carbonyl (C=O) groups is 1. The molecule has 0 radical (unpaired) electrons. The van der Waals surface area contributed by atoms with Gasteiger partial charge in [-0.2, -0.15) is 0 Å². The molecule has 1 unspecified atom stereocenters. The van der Waals surface area contributed by atoms with Gasteiger partial charge < -0.3 is 10.1 Å². The second kappa shape index (κ2) is 6.44. The molecule has 104 valence electrons. The van der Waals surface area contributed by atoms with Crippen LogP contribution in [0.4, 0.5) is 5.69 Å². The topological polar surface area (TPSA) is 38.3 Å². The van der Waals surface area contributed by atoms with Gasteiger partial charge in [-0.15, -0.1) is 0 Å². The molecule has 0 saturated heterocycles. The summed E-state index contributed by atoms with van der Waals surface area (Å²) in [4.78, 5) is 11.5. The quantitative estimate of drug-likeness (QED) is 0.853. The number of halogens is 1. The lowest BCUT2D eigenvalue weighted by Gasteiger charge is -2.17. The lowest BCUT2D eigenvalue weighted by Crippen LogP contribution is -2.08. The molecule has 2 aromatic rings. The van der Waals surface area contributed by atoms with Gasteiger partial charge in [-0.05, 0) is 30.7 Å². The lowest BCUT2D eigenvalue weighted by atomic mass is 10.1. The third-order valence-corrected chi connectivity index (χ3v) is 3.39. The molecule has 2 rings (SSSR count). The zero-order valence-corrected chi connectivity index (χ0v) is 12.1. The summed E-state index contributed by atoms with van der Waals surface area (Å²) in [5, 5.41) is 3.88. The summed E-state index contributed by atoms with van der Waals surface area (Å²) in [5.74, 6) is -0.378. The number of methoxy groups -OCH3 is 1. The molecule has 1 N–H and O–H groups in total. The van der Waals surface area contributed by atoms with Crippen molar-refractivity contribution in [2.75, 3.05) is 12.4 Å². The summed E-state index contributed by atoms with van der Waals surface area (Å²) in [6.07, 6.45) is 0. The number of benzene rings is 2. The van der Waals surface area contributed by atoms with E-state index in [1.807, 2.05) is 37.3 Å². The van der Waals surface area contributed by atoms with E-state index in [9.17, 15) is 4.79 Å². The highest BCUT2D eigenvalue weighted by molar-refractivity contribution is 6.33. The van der Waals surface area contributed by atoms with Gasteiger partial charge in [0.2, 0.25) is 0 Å². The summed E-state index contributed by atoms with van der Waals surface area (Å²) in [6, 6.07) is 15.1. The van der Waals surface area contributed by atoms with Crippen molar-refractivity contribution in [2.45, 2.75) is 13.0 Å². The molecule has 0 aromatic heterocycles. The number of hydrogen-bond acceptors (Lipinski definition) is 3. The van der Waals surface area contributed by atoms with E-state index in [2.05, 4.69) is 5.32 Å². The van der Waals surface area contributed by atoms with Crippen LogP contribution in [0.1, 0.15) is 28.9 Å². The molecule has 4 heteroatoms. The average Bonchev–Trinajstić information content (AvgIpc) is 2.49. The van der Waals surface area contributed by atoms with E-state index < -0.39 is 0 Å². The first-order chi connectivity index (χ1) is 9.61. The highest BCUT2D eigenvalue weighted by Crippen LogP contribution is 2.27. The normalized spacial score (nSPS) is 11.8. The highest BCUT2D eigenvalue weighted by Gasteiger charge is 2.11. The number of nitrogens with one attached hydrogen (secondary N) is 1. The first-order valence-corrected chi connectivity index (χ1v) is 6.69. The standard InChI is InChI=1S/C16H16ClNO2/c1-11(12-6-4-3-5-7-12)18-15-10-13(16(19)20-2)8-9-14(15)17/h3-11,18H,1-2H3. The van der Waals surface area contributed by atoms with Gasteiger partial charge in [0.1, 0.15) is 0 Å². The van der Waals surface area contributed by atoms with Crippen molar-refractivity contribution in [1.82, 2.24) is 0 Å². The number of carbonyl (C=O) groups excluding carboxylic acids is 1. The molecule has 0 amide bonds. The van der Waals surface area contributed by atoms with Crippen LogP contribution < -0.4 is 5.32 Å². The SMILES string of the molecule is COC(=O)c1ccc(Cl)c(NC(C)c2ccccc2)c1. The zero-order chi connectivity index (χ0) is 14.5. The van der Waals surface area contributed by atoms with Gasteiger partial charge in [-0.25, -0.2) is 4.79 Å². The molecule has 0 aliphatic heterocycles. The van der Waals surface area contributed by atoms with Gasteiger partial charge in [0, 0.05) is 6.04 Å². The minimum atomic E-state index is -0.378. The number of esters is 1. The molecule has 1 atom stereocenters. The second-order valence-corrected chi connectivity index (χ2v) is 4.87. The van der Waals surface area contributed by atoms with Crippen LogP contribution in [0, 0.1) is 0 Å². The fraction of sp³-hybridized carbons (Fsp3) is 0.188. The fourth-order valence-electron chi connectivity index (χ4n) is 1.94. The maximum atomic E-state index is 11.5. The Labute approximate surface area is 123 Å². The molecule has 0 heterocycles. The second-order valence-electron chi connectivity index (χ2n) is 4.46. The Kier molecular flexibility index (Phi) is 4.64. The Bertz CT molecular complexity index is 599. The Morgan fingerprint density at radius 3 is 2.55 bits per heavy atom. The average molecular weight is 290 g/mol. The molecule has 0 spiro atoms. The molecule has 20 heavy (non-hydrogen) atoms. The van der Waals surface area contributed by atoms with E-state index in [1.165, 1.54) is 7.11 Å². The first-order valence-electron chi connectivity index (χ1n) is 6.31. The largest absolute Gasteiger partial charge is 0.465 e. The van der Waals surface area contributed by atoms with Gasteiger partial charge in [0.05, 0.1) is 23.4 Å². The van der Waals surface area contributed by atoms with Crippen molar-refractivity contribution in [3.05, 3.63) is 64.7 Å². The van der Waals surface area contributed by atoms with Crippen LogP contribution in [0.2, 0.25) is 5.02 Å². The first kappa shape index (κ1) is 14.4. The van der Waals surface area contributed by atoms with Crippen LogP contribution in [-0.2, 0) is 4.74 Å². The van der Waals surface area contributed by atoms with Crippen molar-refractivity contribution in [2.24, 2.45) is 0 Å². The monoisotopic (exact) mass is 289 g/mol. The van der Waals surface area contributed by atoms with E-state index in [1.54, 1.807) is 18.2 Å². The van der Waals surface area contributed by atoms with E-state index >= 15 is 0 Å². The Morgan fingerprint density at radius 2 is 1.90 bits per heavy atom. The third kappa shape index (κ3) is 3.31. The Morgan fingerprint density at radius 1 is 1.20 bits per heavy atom. The van der Waals surface area contributed by atoms with Gasteiger partial charge >= 0.3 is 5.97 Å². The summed E-state index contributed by atoms with van der Waals surface area (Å²) in [5.41, 5.74) is 2.33. The fourth-order valence-corrected chi connectivity index (χ4v) is 2.11. The maximum absolute atomic E-state index is 11.5. The van der Waals surface area contributed by atoms with E-state index in [0.717, 1.165) is 5.56 Å². The van der Waals surface area contributed by atoms with Gasteiger partial charge in [0.15, 0.2) is 0 Å². The summed E-state index contributed by atoms with van der Waals surface area (Å²) < 4.78 is 4.71. The van der Waals surface area contributed by atoms with Crippen LogP contribution >= 0.6 is 11.6 Å². The summed E-state index contributed by atoms with van der Waals surface area (Å²) >= 11 is 6.16. The molecule has 0 aliphatic carbocycles. The highest BCUT2D eigenvalue weighted by atomic mass is 35.5. The van der Waals surface area contributed by atoms with E-state index in [4.69, 9.17) is 16.3 Å². The van der Waals surface area contributed by atoms with Crippen LogP contribution in [0.3, 0.4) is 0 Å². The van der Waals surface area contributed by atoms with Gasteiger partial charge in [-0.3, -0.25) is 0 Å². The number of ether oxygens (including phenoxy) is 1. The molecule has 2 aromatic carbocycles. The molecule has 0 aliphatic rings. The minimum Gasteiger partial charge on any atom is -0.465 e. The Balaban J connectivity index is 2.22.